The Morgan fingerprint density at radius 2 is 2.08 bits per heavy atom. The van der Waals surface area contributed by atoms with E-state index in [0.717, 1.165) is 0 Å². The second kappa shape index (κ2) is 5.54. The lowest BCUT2D eigenvalue weighted by atomic mass is 10.2. The van der Waals surface area contributed by atoms with Crippen molar-refractivity contribution in [1.29, 1.82) is 0 Å². The van der Waals surface area contributed by atoms with Crippen molar-refractivity contribution in [3.63, 3.8) is 0 Å². The number of aliphatic hydroxyl groups is 1. The standard InChI is InChI=1S/C7H14N2O3/c1-5(4-10)9-7(12)3-2-6(8)11/h5,10H,2-4H2,1H3,(H2,8,11)(H,9,12). The maximum Gasteiger partial charge on any atom is 0.220 e. The Morgan fingerprint density at radius 1 is 1.50 bits per heavy atom. The van der Waals surface area contributed by atoms with E-state index >= 15 is 0 Å². The van der Waals surface area contributed by atoms with Crippen LogP contribution in [0.25, 0.3) is 0 Å². The molecule has 0 spiro atoms. The Labute approximate surface area is 70.9 Å². The van der Waals surface area contributed by atoms with Crippen LogP contribution in [0.15, 0.2) is 0 Å². The molecule has 0 saturated carbocycles. The van der Waals surface area contributed by atoms with E-state index in [1.807, 2.05) is 0 Å². The molecule has 1 unspecified atom stereocenters. The number of aliphatic hydroxyl groups excluding tert-OH is 1. The van der Waals surface area contributed by atoms with E-state index in [1.54, 1.807) is 6.92 Å². The highest BCUT2D eigenvalue weighted by Crippen LogP contribution is 1.88. The molecule has 0 fully saturated rings. The summed E-state index contributed by atoms with van der Waals surface area (Å²) in [4.78, 5) is 21.1. The summed E-state index contributed by atoms with van der Waals surface area (Å²) in [5.74, 6) is -0.767. The minimum Gasteiger partial charge on any atom is -0.394 e. The molecule has 5 heteroatoms. The van der Waals surface area contributed by atoms with Crippen LogP contribution >= 0.6 is 0 Å². The first-order valence-electron chi connectivity index (χ1n) is 3.74. The predicted octanol–water partition coefficient (Wildman–Crippen LogP) is -1.25. The zero-order valence-electron chi connectivity index (χ0n) is 7.04. The Hall–Kier alpha value is -1.10. The second-order valence-corrected chi connectivity index (χ2v) is 2.62. The molecule has 0 aliphatic carbocycles. The van der Waals surface area contributed by atoms with Gasteiger partial charge in [0.2, 0.25) is 11.8 Å². The molecule has 2 amide bonds. The third-order valence-corrected chi connectivity index (χ3v) is 1.28. The topological polar surface area (TPSA) is 92.4 Å². The van der Waals surface area contributed by atoms with Crippen molar-refractivity contribution in [3.8, 4) is 0 Å². The highest BCUT2D eigenvalue weighted by molar-refractivity contribution is 5.82. The summed E-state index contributed by atoms with van der Waals surface area (Å²) in [6.45, 7) is 1.56. The lowest BCUT2D eigenvalue weighted by Gasteiger charge is -2.09. The fourth-order valence-corrected chi connectivity index (χ4v) is 0.629. The lowest BCUT2D eigenvalue weighted by molar-refractivity contribution is -0.125. The molecule has 4 N–H and O–H groups in total. The third kappa shape index (κ3) is 5.67. The van der Waals surface area contributed by atoms with Crippen LogP contribution in [-0.2, 0) is 9.59 Å². The molecule has 70 valence electrons. The minimum atomic E-state index is -0.498. The predicted molar refractivity (Wildman–Crippen MR) is 43.1 cm³/mol. The van der Waals surface area contributed by atoms with E-state index in [4.69, 9.17) is 10.8 Å². The van der Waals surface area contributed by atoms with E-state index < -0.39 is 5.91 Å². The van der Waals surface area contributed by atoms with Gasteiger partial charge in [-0.1, -0.05) is 0 Å². The first-order chi connectivity index (χ1) is 5.56. The number of primary amides is 1. The second-order valence-electron chi connectivity index (χ2n) is 2.62. The SMILES string of the molecule is CC(CO)NC(=O)CCC(N)=O. The van der Waals surface area contributed by atoms with Crippen molar-refractivity contribution in [3.05, 3.63) is 0 Å². The molecular formula is C7H14N2O3. The Kier molecular flexibility index (Phi) is 5.03. The average Bonchev–Trinajstić information content (AvgIpc) is 2.00. The fourth-order valence-electron chi connectivity index (χ4n) is 0.629. The number of amides is 2. The van der Waals surface area contributed by atoms with E-state index in [2.05, 4.69) is 5.32 Å². The van der Waals surface area contributed by atoms with E-state index in [9.17, 15) is 9.59 Å². The van der Waals surface area contributed by atoms with Crippen LogP contribution in [0.4, 0.5) is 0 Å². The molecule has 0 radical (unpaired) electrons. The van der Waals surface area contributed by atoms with E-state index in [0.29, 0.717) is 0 Å². The molecule has 0 saturated heterocycles. The van der Waals surface area contributed by atoms with Gasteiger partial charge in [-0.15, -0.1) is 0 Å². The number of rotatable bonds is 5. The average molecular weight is 174 g/mol. The Balaban J connectivity index is 3.53. The van der Waals surface area contributed by atoms with Gasteiger partial charge in [0.15, 0.2) is 0 Å². The van der Waals surface area contributed by atoms with Crippen LogP contribution in [0.1, 0.15) is 19.8 Å². The number of hydrogen-bond acceptors (Lipinski definition) is 3. The number of hydrogen-bond donors (Lipinski definition) is 3. The van der Waals surface area contributed by atoms with Crippen LogP contribution in [0.2, 0.25) is 0 Å². The number of nitrogens with one attached hydrogen (secondary N) is 1. The van der Waals surface area contributed by atoms with Crippen molar-refractivity contribution in [2.75, 3.05) is 6.61 Å². The van der Waals surface area contributed by atoms with Gasteiger partial charge in [0.05, 0.1) is 6.61 Å². The van der Waals surface area contributed by atoms with E-state index in [-0.39, 0.29) is 31.4 Å². The normalized spacial score (nSPS) is 12.2. The maximum absolute atomic E-state index is 10.9. The van der Waals surface area contributed by atoms with Gasteiger partial charge in [-0.25, -0.2) is 0 Å². The highest BCUT2D eigenvalue weighted by Gasteiger charge is 2.06. The van der Waals surface area contributed by atoms with Crippen LogP contribution in [-0.4, -0.2) is 29.6 Å². The first kappa shape index (κ1) is 10.9. The summed E-state index contributed by atoms with van der Waals surface area (Å²) >= 11 is 0. The monoisotopic (exact) mass is 174 g/mol. The van der Waals surface area contributed by atoms with Gasteiger partial charge in [-0.05, 0) is 6.92 Å². The summed E-state index contributed by atoms with van der Waals surface area (Å²) in [6, 6.07) is -0.273. The molecule has 0 bridgehead atoms. The third-order valence-electron chi connectivity index (χ3n) is 1.28. The molecule has 0 aromatic rings. The van der Waals surface area contributed by atoms with Gasteiger partial charge in [0, 0.05) is 18.9 Å². The molecule has 0 aliphatic heterocycles. The molecule has 0 heterocycles. The van der Waals surface area contributed by atoms with Crippen molar-refractivity contribution in [2.45, 2.75) is 25.8 Å². The number of nitrogens with two attached hydrogens (primary N) is 1. The molecule has 0 rings (SSSR count). The summed E-state index contributed by atoms with van der Waals surface area (Å²) in [5, 5.41) is 11.0. The molecular weight excluding hydrogens is 160 g/mol. The number of carbonyl (C=O) groups is 2. The summed E-state index contributed by atoms with van der Waals surface area (Å²) < 4.78 is 0. The summed E-state index contributed by atoms with van der Waals surface area (Å²) in [7, 11) is 0. The van der Waals surface area contributed by atoms with Crippen molar-refractivity contribution in [2.24, 2.45) is 5.73 Å². The van der Waals surface area contributed by atoms with Crippen molar-refractivity contribution >= 4 is 11.8 Å². The number of carbonyl (C=O) groups excluding carboxylic acids is 2. The van der Waals surface area contributed by atoms with Gasteiger partial charge in [0.1, 0.15) is 0 Å². The molecule has 0 aromatic carbocycles. The molecule has 5 nitrogen and oxygen atoms in total. The Morgan fingerprint density at radius 3 is 2.50 bits per heavy atom. The van der Waals surface area contributed by atoms with Gasteiger partial charge in [0.25, 0.3) is 0 Å². The molecule has 12 heavy (non-hydrogen) atoms. The van der Waals surface area contributed by atoms with Crippen LogP contribution in [0, 0.1) is 0 Å². The summed E-state index contributed by atoms with van der Waals surface area (Å²) in [6.07, 6.45) is 0.129. The van der Waals surface area contributed by atoms with Gasteiger partial charge >= 0.3 is 0 Å². The quantitative estimate of drug-likeness (QED) is 0.486. The van der Waals surface area contributed by atoms with Crippen molar-refractivity contribution < 1.29 is 14.7 Å². The van der Waals surface area contributed by atoms with Gasteiger partial charge in [-0.3, -0.25) is 9.59 Å². The Bertz CT molecular complexity index is 170. The molecule has 1 atom stereocenters. The summed E-state index contributed by atoms with van der Waals surface area (Å²) in [5.41, 5.74) is 4.84. The zero-order valence-corrected chi connectivity index (χ0v) is 7.04. The first-order valence-corrected chi connectivity index (χ1v) is 3.74. The maximum atomic E-state index is 10.9. The van der Waals surface area contributed by atoms with Crippen molar-refractivity contribution in [1.82, 2.24) is 5.32 Å². The minimum absolute atomic E-state index is 0.0456. The lowest BCUT2D eigenvalue weighted by Crippen LogP contribution is -2.35. The largest absolute Gasteiger partial charge is 0.394 e. The van der Waals surface area contributed by atoms with E-state index in [1.165, 1.54) is 0 Å². The highest BCUT2D eigenvalue weighted by atomic mass is 16.3. The van der Waals surface area contributed by atoms with Gasteiger partial charge in [-0.2, -0.15) is 0 Å². The van der Waals surface area contributed by atoms with Crippen LogP contribution in [0.5, 0.6) is 0 Å². The molecule has 0 aromatic heterocycles. The zero-order chi connectivity index (χ0) is 9.56. The smallest absolute Gasteiger partial charge is 0.220 e. The van der Waals surface area contributed by atoms with Gasteiger partial charge < -0.3 is 16.2 Å². The molecule has 0 aliphatic rings. The fraction of sp³-hybridized carbons (Fsp3) is 0.714. The van der Waals surface area contributed by atoms with Crippen LogP contribution in [0.3, 0.4) is 0 Å². The van der Waals surface area contributed by atoms with Crippen LogP contribution < -0.4 is 11.1 Å².